The molecule has 0 radical (unpaired) electrons. The summed E-state index contributed by atoms with van der Waals surface area (Å²) in [5, 5.41) is 2.69. The molecule has 0 bridgehead atoms. The molecule has 1 aliphatic rings. The van der Waals surface area contributed by atoms with Gasteiger partial charge in [-0.05, 0) is 6.07 Å². The van der Waals surface area contributed by atoms with Crippen molar-refractivity contribution in [1.82, 2.24) is 5.32 Å². The molecule has 6 heteroatoms. The van der Waals surface area contributed by atoms with Gasteiger partial charge in [0.05, 0.1) is 11.1 Å². The van der Waals surface area contributed by atoms with Crippen molar-refractivity contribution in [2.45, 2.75) is 12.3 Å². The molecule has 1 atom stereocenters. The number of Topliss-reactive ketones (excluding diaryl/α,β-unsaturated/α-hetero) is 1. The summed E-state index contributed by atoms with van der Waals surface area (Å²) in [5.74, 6) is -0.451. The van der Waals surface area contributed by atoms with Crippen molar-refractivity contribution in [3.8, 4) is 0 Å². The van der Waals surface area contributed by atoms with Crippen LogP contribution in [0, 0.1) is 0 Å². The minimum Gasteiger partial charge on any atom is -0.462 e. The number of rotatable bonds is 3. The molecule has 2 aromatic rings. The number of carbonyl (C=O) groups excluding carboxylic acids is 1. The first-order valence-corrected chi connectivity index (χ1v) is 7.28. The van der Waals surface area contributed by atoms with Gasteiger partial charge in [0.2, 0.25) is 5.78 Å². The van der Waals surface area contributed by atoms with Crippen LogP contribution in [0.1, 0.15) is 22.8 Å². The van der Waals surface area contributed by atoms with Crippen LogP contribution >= 0.6 is 0 Å². The summed E-state index contributed by atoms with van der Waals surface area (Å²) in [5.41, 5.74) is -0.537. The highest BCUT2D eigenvalue weighted by atomic mass is 19.4. The zero-order valence-electron chi connectivity index (χ0n) is 12.7. The number of ether oxygens (including phenoxy) is 1. The van der Waals surface area contributed by atoms with Crippen LogP contribution in [0.2, 0.25) is 0 Å². The van der Waals surface area contributed by atoms with E-state index in [1.54, 1.807) is 30.3 Å². The Labute approximate surface area is 136 Å². The van der Waals surface area contributed by atoms with E-state index in [2.05, 4.69) is 5.32 Å². The van der Waals surface area contributed by atoms with Crippen LogP contribution < -0.4 is 5.32 Å². The molecule has 0 amide bonds. The van der Waals surface area contributed by atoms with Crippen molar-refractivity contribution >= 4 is 11.4 Å². The fourth-order valence-electron chi connectivity index (χ4n) is 2.71. The van der Waals surface area contributed by atoms with Gasteiger partial charge in [0.1, 0.15) is 0 Å². The first kappa shape index (κ1) is 16.1. The lowest BCUT2D eigenvalue weighted by Crippen LogP contribution is -2.14. The minimum atomic E-state index is -4.56. The van der Waals surface area contributed by atoms with Crippen LogP contribution in [0.4, 0.5) is 13.2 Å². The van der Waals surface area contributed by atoms with Crippen LogP contribution in [0.15, 0.2) is 60.5 Å². The number of ketones is 1. The molecule has 3 rings (SSSR count). The van der Waals surface area contributed by atoms with Crippen LogP contribution in [0.5, 0.6) is 0 Å². The molecule has 0 saturated heterocycles. The van der Waals surface area contributed by atoms with Gasteiger partial charge in [-0.2, -0.15) is 13.2 Å². The lowest BCUT2D eigenvalue weighted by molar-refractivity contribution is -0.137. The van der Waals surface area contributed by atoms with E-state index >= 15 is 0 Å². The van der Waals surface area contributed by atoms with E-state index in [1.165, 1.54) is 25.2 Å². The largest absolute Gasteiger partial charge is 0.462 e. The first-order valence-electron chi connectivity index (χ1n) is 7.28. The van der Waals surface area contributed by atoms with Crippen molar-refractivity contribution in [3.05, 3.63) is 77.2 Å². The van der Waals surface area contributed by atoms with Gasteiger partial charge in [-0.3, -0.25) is 4.79 Å². The molecule has 2 aromatic carbocycles. The summed E-state index contributed by atoms with van der Waals surface area (Å²) in [6.07, 6.45) is -5.52. The van der Waals surface area contributed by atoms with Gasteiger partial charge >= 0.3 is 6.18 Å². The van der Waals surface area contributed by atoms with Gasteiger partial charge in [0.25, 0.3) is 0 Å². The molecule has 0 aromatic heterocycles. The second kappa shape index (κ2) is 6.03. The van der Waals surface area contributed by atoms with E-state index in [4.69, 9.17) is 4.74 Å². The molecular weight excluding hydrogens is 319 g/mol. The highest BCUT2D eigenvalue weighted by Gasteiger charge is 2.41. The Balaban J connectivity index is 2.09. The van der Waals surface area contributed by atoms with Crippen LogP contribution in [0.3, 0.4) is 0 Å². The number of alkyl halides is 3. The van der Waals surface area contributed by atoms with E-state index < -0.39 is 23.6 Å². The summed E-state index contributed by atoms with van der Waals surface area (Å²) < 4.78 is 45.4. The maximum Gasteiger partial charge on any atom is 0.417 e. The monoisotopic (exact) mass is 333 g/mol. The van der Waals surface area contributed by atoms with Crippen LogP contribution in [0.25, 0.3) is 5.57 Å². The predicted octanol–water partition coefficient (Wildman–Crippen LogP) is 3.93. The van der Waals surface area contributed by atoms with Gasteiger partial charge in [-0.1, -0.05) is 48.5 Å². The molecule has 1 unspecified atom stereocenters. The second-order valence-electron chi connectivity index (χ2n) is 5.27. The molecule has 0 aliphatic carbocycles. The van der Waals surface area contributed by atoms with Crippen molar-refractivity contribution in [2.75, 3.05) is 7.05 Å². The van der Waals surface area contributed by atoms with E-state index in [-0.39, 0.29) is 17.0 Å². The topological polar surface area (TPSA) is 38.3 Å². The van der Waals surface area contributed by atoms with Gasteiger partial charge in [0.15, 0.2) is 12.0 Å². The highest BCUT2D eigenvalue weighted by Crippen LogP contribution is 2.41. The third-order valence-corrected chi connectivity index (χ3v) is 3.78. The second-order valence-corrected chi connectivity index (χ2v) is 5.27. The lowest BCUT2D eigenvalue weighted by Gasteiger charge is -2.13. The van der Waals surface area contributed by atoms with E-state index in [0.717, 1.165) is 6.07 Å². The number of hydrogen-bond donors (Lipinski definition) is 1. The summed E-state index contributed by atoms with van der Waals surface area (Å²) in [7, 11) is 1.51. The van der Waals surface area contributed by atoms with Crippen molar-refractivity contribution < 1.29 is 22.7 Å². The molecule has 1 N–H and O–H groups in total. The summed E-state index contributed by atoms with van der Waals surface area (Å²) in [6.45, 7) is 0. The Morgan fingerprint density at radius 2 is 1.62 bits per heavy atom. The Bertz CT molecular complexity index is 797. The summed E-state index contributed by atoms with van der Waals surface area (Å²) in [6, 6.07) is 13.7. The van der Waals surface area contributed by atoms with E-state index in [1.807, 2.05) is 0 Å². The molecule has 0 spiro atoms. The summed E-state index contributed by atoms with van der Waals surface area (Å²) in [4.78, 5) is 12.8. The smallest absolute Gasteiger partial charge is 0.417 e. The first-order chi connectivity index (χ1) is 11.4. The van der Waals surface area contributed by atoms with E-state index in [9.17, 15) is 18.0 Å². The lowest BCUT2D eigenvalue weighted by atomic mass is 9.93. The number of benzene rings is 2. The fraction of sp³-hybridized carbons (Fsp3) is 0.167. The average Bonchev–Trinajstić information content (AvgIpc) is 2.91. The van der Waals surface area contributed by atoms with Gasteiger partial charge < -0.3 is 10.1 Å². The van der Waals surface area contributed by atoms with Crippen molar-refractivity contribution in [1.29, 1.82) is 0 Å². The van der Waals surface area contributed by atoms with Crippen molar-refractivity contribution in [3.63, 3.8) is 0 Å². The van der Waals surface area contributed by atoms with Crippen molar-refractivity contribution in [2.24, 2.45) is 0 Å². The van der Waals surface area contributed by atoms with Crippen LogP contribution in [-0.2, 0) is 15.7 Å². The highest BCUT2D eigenvalue weighted by molar-refractivity contribution is 6.25. The van der Waals surface area contributed by atoms with Gasteiger partial charge in [-0.15, -0.1) is 0 Å². The molecular formula is C18H14F3NO2. The third-order valence-electron chi connectivity index (χ3n) is 3.78. The van der Waals surface area contributed by atoms with E-state index in [0.29, 0.717) is 5.56 Å². The predicted molar refractivity (Wildman–Crippen MR) is 82.7 cm³/mol. The number of halogens is 3. The zero-order valence-corrected chi connectivity index (χ0v) is 12.7. The average molecular weight is 333 g/mol. The maximum absolute atomic E-state index is 13.3. The minimum absolute atomic E-state index is 0.0468. The normalized spacial score (nSPS) is 17.8. The Hall–Kier alpha value is -2.76. The SMILES string of the molecule is CNC1=C(c2ccccc2C(F)(F)F)C(=O)C(c2ccccc2)O1. The molecule has 1 heterocycles. The standard InChI is InChI=1S/C18H14F3NO2/c1-22-17-14(12-9-5-6-10-13(12)18(19,20)21)15(23)16(24-17)11-7-3-2-4-8-11/h2-10,16,22H,1H3. The zero-order chi connectivity index (χ0) is 17.3. The number of hydrogen-bond acceptors (Lipinski definition) is 3. The Morgan fingerprint density at radius 3 is 2.25 bits per heavy atom. The molecule has 24 heavy (non-hydrogen) atoms. The molecule has 0 fully saturated rings. The van der Waals surface area contributed by atoms with Crippen LogP contribution in [-0.4, -0.2) is 12.8 Å². The Morgan fingerprint density at radius 1 is 1.00 bits per heavy atom. The fourth-order valence-corrected chi connectivity index (χ4v) is 2.71. The quantitative estimate of drug-likeness (QED) is 0.925. The van der Waals surface area contributed by atoms with Gasteiger partial charge in [-0.25, -0.2) is 0 Å². The molecule has 1 aliphatic heterocycles. The summed E-state index contributed by atoms with van der Waals surface area (Å²) >= 11 is 0. The molecule has 0 saturated carbocycles. The number of nitrogens with one attached hydrogen (secondary N) is 1. The third kappa shape index (κ3) is 2.75. The Kier molecular flexibility index (Phi) is 4.05. The maximum atomic E-state index is 13.3. The molecule has 124 valence electrons. The number of carbonyl (C=O) groups is 1. The molecule has 3 nitrogen and oxygen atoms in total. The van der Waals surface area contributed by atoms with Gasteiger partial charge in [0, 0.05) is 18.2 Å².